The van der Waals surface area contributed by atoms with E-state index in [1.165, 1.54) is 0 Å². The molecule has 0 aromatic carbocycles. The van der Waals surface area contributed by atoms with Gasteiger partial charge in [-0.25, -0.2) is 0 Å². The molecule has 70 valence electrons. The van der Waals surface area contributed by atoms with Crippen molar-refractivity contribution >= 4 is 18.0 Å². The first-order chi connectivity index (χ1) is 5.70. The Morgan fingerprint density at radius 2 is 2.17 bits per heavy atom. The third-order valence-corrected chi connectivity index (χ3v) is 3.80. The maximum atomic E-state index is 10.3. The van der Waals surface area contributed by atoms with Crippen LogP contribution in [-0.2, 0) is 4.79 Å². The molecule has 1 saturated carbocycles. The summed E-state index contributed by atoms with van der Waals surface area (Å²) >= 11 is 1.87. The van der Waals surface area contributed by atoms with Crippen molar-refractivity contribution in [3.63, 3.8) is 0 Å². The van der Waals surface area contributed by atoms with Crippen LogP contribution in [0.2, 0.25) is 0 Å². The second-order valence-electron chi connectivity index (χ2n) is 3.53. The van der Waals surface area contributed by atoms with Gasteiger partial charge < -0.3 is 9.90 Å². The number of thioether (sulfide) groups is 1. The Morgan fingerprint density at radius 1 is 1.58 bits per heavy atom. The smallest absolute Gasteiger partial charge is 0.122 e. The number of rotatable bonds is 3. The normalized spacial score (nSPS) is 36.3. The van der Waals surface area contributed by atoms with Gasteiger partial charge in [-0.05, 0) is 31.9 Å². The van der Waals surface area contributed by atoms with E-state index in [1.54, 1.807) is 0 Å². The Kier molecular flexibility index (Phi) is 3.59. The zero-order valence-electron chi connectivity index (χ0n) is 7.45. The van der Waals surface area contributed by atoms with Crippen molar-refractivity contribution in [2.24, 2.45) is 0 Å². The molecule has 3 heteroatoms. The summed E-state index contributed by atoms with van der Waals surface area (Å²) in [6, 6.07) is 0. The lowest BCUT2D eigenvalue weighted by atomic mass is 9.83. The van der Waals surface area contributed by atoms with Crippen molar-refractivity contribution in [2.45, 2.75) is 43.0 Å². The Hall–Kier alpha value is -0.0200. The molecular weight excluding hydrogens is 172 g/mol. The third-order valence-electron chi connectivity index (χ3n) is 2.66. The van der Waals surface area contributed by atoms with Crippen LogP contribution in [0.3, 0.4) is 0 Å². The molecule has 0 atom stereocenters. The van der Waals surface area contributed by atoms with Gasteiger partial charge in [-0.15, -0.1) is 0 Å². The highest BCUT2D eigenvalue weighted by molar-refractivity contribution is 7.99. The SMILES string of the molecule is CS[C@H]1CC[C@@](O)(CC=O)CC1. The van der Waals surface area contributed by atoms with Crippen molar-refractivity contribution in [1.82, 2.24) is 0 Å². The molecule has 12 heavy (non-hydrogen) atoms. The van der Waals surface area contributed by atoms with Gasteiger partial charge in [-0.1, -0.05) is 0 Å². The second kappa shape index (κ2) is 4.28. The molecule has 0 aromatic rings. The minimum atomic E-state index is -0.673. The molecule has 0 spiro atoms. The summed E-state index contributed by atoms with van der Waals surface area (Å²) in [5, 5.41) is 10.5. The van der Waals surface area contributed by atoms with Gasteiger partial charge in [0, 0.05) is 11.7 Å². The number of aliphatic hydroxyl groups is 1. The van der Waals surface area contributed by atoms with Crippen LogP contribution in [0.25, 0.3) is 0 Å². The molecule has 0 saturated heterocycles. The lowest BCUT2D eigenvalue weighted by molar-refractivity contribution is -0.113. The summed E-state index contributed by atoms with van der Waals surface area (Å²) < 4.78 is 0. The van der Waals surface area contributed by atoms with Crippen molar-refractivity contribution < 1.29 is 9.90 Å². The number of hydrogen-bond donors (Lipinski definition) is 1. The van der Waals surface area contributed by atoms with Gasteiger partial charge in [-0.2, -0.15) is 11.8 Å². The quantitative estimate of drug-likeness (QED) is 0.684. The second-order valence-corrected chi connectivity index (χ2v) is 4.67. The molecule has 1 N–H and O–H groups in total. The average molecular weight is 188 g/mol. The summed E-state index contributed by atoms with van der Waals surface area (Å²) in [7, 11) is 0. The van der Waals surface area contributed by atoms with Crippen molar-refractivity contribution in [3.05, 3.63) is 0 Å². The highest BCUT2D eigenvalue weighted by atomic mass is 32.2. The van der Waals surface area contributed by atoms with E-state index in [4.69, 9.17) is 0 Å². The van der Waals surface area contributed by atoms with E-state index < -0.39 is 5.60 Å². The van der Waals surface area contributed by atoms with E-state index in [1.807, 2.05) is 11.8 Å². The molecule has 0 aliphatic heterocycles. The molecule has 0 radical (unpaired) electrons. The fraction of sp³-hybridized carbons (Fsp3) is 0.889. The lowest BCUT2D eigenvalue weighted by Gasteiger charge is -2.34. The van der Waals surface area contributed by atoms with Crippen molar-refractivity contribution in [1.29, 1.82) is 0 Å². The van der Waals surface area contributed by atoms with Crippen LogP contribution >= 0.6 is 11.8 Å². The zero-order valence-corrected chi connectivity index (χ0v) is 8.27. The summed E-state index contributed by atoms with van der Waals surface area (Å²) in [6.45, 7) is 0. The molecule has 2 nitrogen and oxygen atoms in total. The van der Waals surface area contributed by atoms with E-state index in [0.29, 0.717) is 11.7 Å². The molecule has 1 fully saturated rings. The summed E-state index contributed by atoms with van der Waals surface area (Å²) in [6.07, 6.45) is 6.92. The van der Waals surface area contributed by atoms with Gasteiger partial charge in [0.1, 0.15) is 6.29 Å². The molecule has 0 bridgehead atoms. The first kappa shape index (κ1) is 10.1. The van der Waals surface area contributed by atoms with Crippen LogP contribution in [0.4, 0.5) is 0 Å². The number of hydrogen-bond acceptors (Lipinski definition) is 3. The number of aldehydes is 1. The molecule has 0 aromatic heterocycles. The summed E-state index contributed by atoms with van der Waals surface area (Å²) in [5.74, 6) is 0. The van der Waals surface area contributed by atoms with Crippen LogP contribution in [0.15, 0.2) is 0 Å². The molecule has 0 heterocycles. The molecule has 0 unspecified atom stereocenters. The standard InChI is InChI=1S/C9H16O2S/c1-12-8-2-4-9(11,5-3-8)6-7-10/h7-8,11H,2-6H2,1H3/t8-,9-. The highest BCUT2D eigenvalue weighted by Gasteiger charge is 2.32. The highest BCUT2D eigenvalue weighted by Crippen LogP contribution is 2.34. The van der Waals surface area contributed by atoms with E-state index in [2.05, 4.69) is 6.26 Å². The molecule has 1 aliphatic rings. The molecule has 1 rings (SSSR count). The van der Waals surface area contributed by atoms with Crippen molar-refractivity contribution in [3.8, 4) is 0 Å². The van der Waals surface area contributed by atoms with Crippen LogP contribution in [-0.4, -0.2) is 28.5 Å². The van der Waals surface area contributed by atoms with Gasteiger partial charge in [0.05, 0.1) is 5.60 Å². The topological polar surface area (TPSA) is 37.3 Å². The summed E-state index contributed by atoms with van der Waals surface area (Å²) in [4.78, 5) is 10.3. The average Bonchev–Trinajstić information content (AvgIpc) is 2.06. The summed E-state index contributed by atoms with van der Waals surface area (Å²) in [5.41, 5.74) is -0.673. The minimum absolute atomic E-state index is 0.314. The van der Waals surface area contributed by atoms with E-state index in [-0.39, 0.29) is 0 Å². The number of carbonyl (C=O) groups is 1. The molecule has 1 aliphatic carbocycles. The fourth-order valence-corrected chi connectivity index (χ4v) is 2.43. The largest absolute Gasteiger partial charge is 0.389 e. The maximum absolute atomic E-state index is 10.3. The van der Waals surface area contributed by atoms with Gasteiger partial charge in [0.15, 0.2) is 0 Å². The predicted molar refractivity (Wildman–Crippen MR) is 51.4 cm³/mol. The van der Waals surface area contributed by atoms with Crippen LogP contribution in [0.5, 0.6) is 0 Å². The third kappa shape index (κ3) is 2.49. The van der Waals surface area contributed by atoms with Gasteiger partial charge in [-0.3, -0.25) is 0 Å². The van der Waals surface area contributed by atoms with Gasteiger partial charge in [0.2, 0.25) is 0 Å². The monoisotopic (exact) mass is 188 g/mol. The lowest BCUT2D eigenvalue weighted by Crippen LogP contribution is -2.35. The number of carbonyl (C=O) groups excluding carboxylic acids is 1. The Balaban J connectivity index is 2.38. The van der Waals surface area contributed by atoms with Crippen molar-refractivity contribution in [2.75, 3.05) is 6.26 Å². The molecular formula is C9H16O2S. The molecule has 0 amide bonds. The Labute approximate surface area is 77.7 Å². The van der Waals surface area contributed by atoms with Crippen LogP contribution in [0, 0.1) is 0 Å². The fourth-order valence-electron chi connectivity index (χ4n) is 1.72. The van der Waals surface area contributed by atoms with E-state index in [9.17, 15) is 9.90 Å². The van der Waals surface area contributed by atoms with E-state index in [0.717, 1.165) is 32.0 Å². The predicted octanol–water partition coefficient (Wildman–Crippen LogP) is 1.61. The Bertz CT molecular complexity index is 151. The van der Waals surface area contributed by atoms with E-state index >= 15 is 0 Å². The van der Waals surface area contributed by atoms with Crippen LogP contribution < -0.4 is 0 Å². The first-order valence-electron chi connectivity index (χ1n) is 4.39. The van der Waals surface area contributed by atoms with Gasteiger partial charge >= 0.3 is 0 Å². The zero-order chi connectivity index (χ0) is 9.03. The first-order valence-corrected chi connectivity index (χ1v) is 5.68. The minimum Gasteiger partial charge on any atom is -0.389 e. The van der Waals surface area contributed by atoms with Gasteiger partial charge in [0.25, 0.3) is 0 Å². The maximum Gasteiger partial charge on any atom is 0.122 e. The van der Waals surface area contributed by atoms with Crippen LogP contribution in [0.1, 0.15) is 32.1 Å². The Morgan fingerprint density at radius 3 is 2.58 bits per heavy atom.